The normalized spacial score (nSPS) is 8.29. The molecular formula is H4CuMgO4S. The molecule has 47 valence electrons. The van der Waals surface area contributed by atoms with Crippen LogP contribution < -0.4 is 0 Å². The Morgan fingerprint density at radius 2 is 1.14 bits per heavy atom. The fraction of sp³-hybridized carbons (Fsp3) is 0. The van der Waals surface area contributed by atoms with Gasteiger partial charge in [-0.1, -0.05) is 0 Å². The van der Waals surface area contributed by atoms with Gasteiger partial charge in [-0.05, 0) is 0 Å². The van der Waals surface area contributed by atoms with Crippen molar-refractivity contribution in [1.29, 1.82) is 0 Å². The molecule has 0 atom stereocenters. The maximum atomic E-state index is 8.74. The first-order valence-electron chi connectivity index (χ1n) is 0.698. The molecule has 2 N–H and O–H groups in total. The molecule has 7 heavy (non-hydrogen) atoms. The molecular weight excluding hydrogens is 184 g/mol. The maximum absolute atomic E-state index is 8.74. The summed E-state index contributed by atoms with van der Waals surface area (Å²) in [5.74, 6) is 0. The quantitative estimate of drug-likeness (QED) is 0.355. The number of hydrogen-bond acceptors (Lipinski definition) is 2. The molecule has 7 heteroatoms. The van der Waals surface area contributed by atoms with Crippen LogP contribution >= 0.6 is 0 Å². The van der Waals surface area contributed by atoms with Crippen molar-refractivity contribution < 1.29 is 34.6 Å². The van der Waals surface area contributed by atoms with Crippen LogP contribution in [0, 0.1) is 0 Å². The zero-order valence-electron chi connectivity index (χ0n) is 2.42. The van der Waals surface area contributed by atoms with Gasteiger partial charge < -0.3 is 0 Å². The summed E-state index contributed by atoms with van der Waals surface area (Å²) in [5, 5.41) is 0. The Labute approximate surface area is 67.9 Å². The van der Waals surface area contributed by atoms with E-state index < -0.39 is 10.4 Å². The van der Waals surface area contributed by atoms with E-state index in [1.807, 2.05) is 0 Å². The summed E-state index contributed by atoms with van der Waals surface area (Å²) in [4.78, 5) is 0. The Morgan fingerprint density at radius 1 is 1.14 bits per heavy atom. The predicted octanol–water partition coefficient (Wildman–Crippen LogP) is -1.57. The van der Waals surface area contributed by atoms with Crippen LogP contribution in [-0.4, -0.2) is 40.6 Å². The molecule has 0 saturated carbocycles. The van der Waals surface area contributed by atoms with Crippen LogP contribution in [0.15, 0.2) is 0 Å². The molecule has 4 nitrogen and oxygen atoms in total. The summed E-state index contributed by atoms with van der Waals surface area (Å²) in [6.07, 6.45) is 0. The van der Waals surface area contributed by atoms with Gasteiger partial charge in [0.1, 0.15) is 0 Å². The Morgan fingerprint density at radius 3 is 1.14 bits per heavy atom. The molecule has 0 amide bonds. The monoisotopic (exact) mass is 187 g/mol. The van der Waals surface area contributed by atoms with E-state index in [1.165, 1.54) is 0 Å². The molecule has 0 aliphatic heterocycles. The van der Waals surface area contributed by atoms with Gasteiger partial charge >= 0.3 is 33.5 Å². The SMILES string of the molecule is O=S(=O)(O)O.[Cu].[MgH2]. The summed E-state index contributed by atoms with van der Waals surface area (Å²) in [6, 6.07) is 0. The van der Waals surface area contributed by atoms with Crippen molar-refractivity contribution in [3.05, 3.63) is 0 Å². The minimum absolute atomic E-state index is 0. The second kappa shape index (κ2) is 5.30. The Balaban J connectivity index is -0.0000000800. The van der Waals surface area contributed by atoms with Gasteiger partial charge in [0.15, 0.2) is 0 Å². The van der Waals surface area contributed by atoms with E-state index in [1.54, 1.807) is 0 Å². The third-order valence-corrected chi connectivity index (χ3v) is 0. The van der Waals surface area contributed by atoms with Gasteiger partial charge in [0.25, 0.3) is 0 Å². The molecule has 0 aromatic rings. The first-order chi connectivity index (χ1) is 2.00. The standard InChI is InChI=1S/Cu.Mg.H2O4S.2H/c;;1-5(2,3)4;;/h;;(H2,1,2,3,4);;. The van der Waals surface area contributed by atoms with Crippen LogP contribution in [0.25, 0.3) is 0 Å². The van der Waals surface area contributed by atoms with E-state index >= 15 is 0 Å². The van der Waals surface area contributed by atoms with Crippen LogP contribution in [-0.2, 0) is 27.5 Å². The first-order valence-corrected chi connectivity index (χ1v) is 2.10. The largest absolute Gasteiger partial charge is 0.394 e. The third kappa shape index (κ3) is 142. The van der Waals surface area contributed by atoms with Crippen LogP contribution in [0.1, 0.15) is 0 Å². The Hall–Kier alpha value is 1.16. The Bertz CT molecular complexity index is 94.9. The third-order valence-electron chi connectivity index (χ3n) is 0. The summed E-state index contributed by atoms with van der Waals surface area (Å²) < 4.78 is 31.6. The molecule has 0 aromatic heterocycles. The van der Waals surface area contributed by atoms with E-state index in [0.717, 1.165) is 0 Å². The molecule has 0 aromatic carbocycles. The second-order valence-electron chi connectivity index (χ2n) is 0.448. The predicted molar refractivity (Wildman–Crippen MR) is 22.7 cm³/mol. The van der Waals surface area contributed by atoms with Gasteiger partial charge in [0, 0.05) is 17.1 Å². The van der Waals surface area contributed by atoms with Gasteiger partial charge in [-0.25, -0.2) is 0 Å². The minimum Gasteiger partial charge on any atom is -0.264 e. The van der Waals surface area contributed by atoms with Gasteiger partial charge in [-0.3, -0.25) is 9.11 Å². The van der Waals surface area contributed by atoms with Crippen LogP contribution in [0.2, 0.25) is 0 Å². The van der Waals surface area contributed by atoms with Gasteiger partial charge in [0.05, 0.1) is 0 Å². The fourth-order valence-corrected chi connectivity index (χ4v) is 0. The number of hydrogen-bond donors (Lipinski definition) is 2. The van der Waals surface area contributed by atoms with Gasteiger partial charge in [-0.15, -0.1) is 0 Å². The van der Waals surface area contributed by atoms with Crippen molar-refractivity contribution in [2.75, 3.05) is 0 Å². The molecule has 0 aliphatic rings. The topological polar surface area (TPSA) is 74.6 Å². The first kappa shape index (κ1) is 15.7. The summed E-state index contributed by atoms with van der Waals surface area (Å²) in [5.41, 5.74) is 0. The van der Waals surface area contributed by atoms with Crippen molar-refractivity contribution in [2.45, 2.75) is 0 Å². The van der Waals surface area contributed by atoms with Crippen LogP contribution in [0.3, 0.4) is 0 Å². The number of rotatable bonds is 0. The zero-order valence-corrected chi connectivity index (χ0v) is 4.18. The van der Waals surface area contributed by atoms with Crippen LogP contribution in [0.5, 0.6) is 0 Å². The van der Waals surface area contributed by atoms with E-state index in [-0.39, 0.29) is 40.1 Å². The summed E-state index contributed by atoms with van der Waals surface area (Å²) in [7, 11) is -4.67. The van der Waals surface area contributed by atoms with Crippen molar-refractivity contribution in [3.63, 3.8) is 0 Å². The smallest absolute Gasteiger partial charge is 0.264 e. The minimum atomic E-state index is -4.67. The van der Waals surface area contributed by atoms with Crippen molar-refractivity contribution in [1.82, 2.24) is 0 Å². The maximum Gasteiger partial charge on any atom is 0.394 e. The van der Waals surface area contributed by atoms with E-state index in [2.05, 4.69) is 0 Å². The molecule has 0 aliphatic carbocycles. The molecule has 0 rings (SSSR count). The summed E-state index contributed by atoms with van der Waals surface area (Å²) in [6.45, 7) is 0. The average molecular weight is 188 g/mol. The van der Waals surface area contributed by atoms with Crippen molar-refractivity contribution in [2.24, 2.45) is 0 Å². The molecule has 0 unspecified atom stereocenters. The van der Waals surface area contributed by atoms with Gasteiger partial charge in [0.2, 0.25) is 0 Å². The molecule has 1 radical (unpaired) electrons. The average Bonchev–Trinajstić information content (AvgIpc) is 0.722. The second-order valence-corrected chi connectivity index (χ2v) is 1.34. The molecule has 0 saturated heterocycles. The molecule has 0 spiro atoms. The van der Waals surface area contributed by atoms with E-state index in [9.17, 15) is 0 Å². The fourth-order valence-electron chi connectivity index (χ4n) is 0. The van der Waals surface area contributed by atoms with Crippen molar-refractivity contribution in [3.8, 4) is 0 Å². The van der Waals surface area contributed by atoms with Crippen LogP contribution in [0.4, 0.5) is 0 Å². The van der Waals surface area contributed by atoms with Crippen molar-refractivity contribution >= 4 is 33.5 Å². The molecule has 0 bridgehead atoms. The summed E-state index contributed by atoms with van der Waals surface area (Å²) >= 11 is 0. The molecule has 0 fully saturated rings. The van der Waals surface area contributed by atoms with E-state index in [0.29, 0.717) is 0 Å². The zero-order chi connectivity index (χ0) is 4.50. The van der Waals surface area contributed by atoms with Gasteiger partial charge in [-0.2, -0.15) is 8.42 Å². The Kier molecular flexibility index (Phi) is 11.9. The molecule has 0 heterocycles. The van der Waals surface area contributed by atoms with E-state index in [4.69, 9.17) is 17.5 Å².